The number of aliphatic carboxylic acids is 1. The second-order valence-electron chi connectivity index (χ2n) is 3.42. The molecule has 0 saturated carbocycles. The minimum absolute atomic E-state index is 0.00158. The highest BCUT2D eigenvalue weighted by Crippen LogP contribution is 1.91. The summed E-state index contributed by atoms with van der Waals surface area (Å²) in [4.78, 5) is 21.2. The van der Waals surface area contributed by atoms with Gasteiger partial charge in [-0.3, -0.25) is 4.79 Å². The molecule has 0 heterocycles. The minimum atomic E-state index is -3.33. The van der Waals surface area contributed by atoms with Gasteiger partial charge in [0.25, 0.3) is 0 Å². The lowest BCUT2D eigenvalue weighted by atomic mass is 10.4. The van der Waals surface area contributed by atoms with Crippen LogP contribution < -0.4 is 10.6 Å². The summed E-state index contributed by atoms with van der Waals surface area (Å²) in [7, 11) is -0.521. The Hall–Kier alpha value is -1.35. The van der Waals surface area contributed by atoms with Crippen molar-refractivity contribution in [2.45, 2.75) is 6.42 Å². The predicted molar refractivity (Wildman–Crippen MR) is 61.1 cm³/mol. The van der Waals surface area contributed by atoms with Gasteiger partial charge in [0.15, 0.2) is 0 Å². The number of hydrogen-bond donors (Lipinski definition) is 3. The fourth-order valence-electron chi connectivity index (χ4n) is 0.822. The normalized spacial score (nSPS) is 11.2. The average molecular weight is 267 g/mol. The lowest BCUT2D eigenvalue weighted by Crippen LogP contribution is -2.40. The van der Waals surface area contributed by atoms with E-state index in [1.807, 2.05) is 0 Å². The maximum absolute atomic E-state index is 11.3. The van der Waals surface area contributed by atoms with E-state index in [0.717, 1.165) is 4.31 Å². The molecule has 0 saturated heterocycles. The Kier molecular flexibility index (Phi) is 6.51. The quantitative estimate of drug-likeness (QED) is 0.527. The van der Waals surface area contributed by atoms with E-state index >= 15 is 0 Å². The SMILES string of the molecule is CN(C)S(=O)(=O)CCNC(=O)NCCC(=O)O. The molecule has 100 valence electrons. The van der Waals surface area contributed by atoms with Crippen molar-refractivity contribution in [3.8, 4) is 0 Å². The van der Waals surface area contributed by atoms with Gasteiger partial charge in [0.05, 0.1) is 12.2 Å². The summed E-state index contributed by atoms with van der Waals surface area (Å²) in [6, 6.07) is -0.583. The van der Waals surface area contributed by atoms with Crippen molar-refractivity contribution in [1.29, 1.82) is 0 Å². The van der Waals surface area contributed by atoms with Gasteiger partial charge in [-0.15, -0.1) is 0 Å². The first kappa shape index (κ1) is 15.7. The first-order valence-electron chi connectivity index (χ1n) is 4.89. The highest BCUT2D eigenvalue weighted by Gasteiger charge is 2.13. The van der Waals surface area contributed by atoms with Gasteiger partial charge in [-0.2, -0.15) is 0 Å². The Morgan fingerprint density at radius 3 is 2.18 bits per heavy atom. The van der Waals surface area contributed by atoms with Crippen LogP contribution in [-0.2, 0) is 14.8 Å². The van der Waals surface area contributed by atoms with Crippen LogP contribution >= 0.6 is 0 Å². The van der Waals surface area contributed by atoms with Crippen molar-refractivity contribution < 1.29 is 23.1 Å². The van der Waals surface area contributed by atoms with Gasteiger partial charge in [0.2, 0.25) is 10.0 Å². The highest BCUT2D eigenvalue weighted by molar-refractivity contribution is 7.89. The van der Waals surface area contributed by atoms with E-state index in [-0.39, 0.29) is 25.3 Å². The summed E-state index contributed by atoms with van der Waals surface area (Å²) in [5.74, 6) is -1.22. The van der Waals surface area contributed by atoms with Crippen LogP contribution in [0.2, 0.25) is 0 Å². The smallest absolute Gasteiger partial charge is 0.314 e. The lowest BCUT2D eigenvalue weighted by molar-refractivity contribution is -0.136. The largest absolute Gasteiger partial charge is 0.481 e. The summed E-state index contributed by atoms with van der Waals surface area (Å²) < 4.78 is 23.6. The third-order valence-electron chi connectivity index (χ3n) is 1.83. The predicted octanol–water partition coefficient (Wildman–Crippen LogP) is -1.35. The molecule has 9 heteroatoms. The molecular formula is C8H17N3O5S. The fraction of sp³-hybridized carbons (Fsp3) is 0.750. The molecule has 0 aromatic rings. The monoisotopic (exact) mass is 267 g/mol. The maximum atomic E-state index is 11.3. The summed E-state index contributed by atoms with van der Waals surface area (Å²) in [6.45, 7) is -0.0268. The standard InChI is InChI=1S/C8H17N3O5S/c1-11(2)17(15,16)6-5-10-8(14)9-4-3-7(12)13/h3-6H2,1-2H3,(H,12,13)(H2,9,10,14). The molecule has 0 atom stereocenters. The molecule has 0 bridgehead atoms. The van der Waals surface area contributed by atoms with Crippen LogP contribution in [-0.4, -0.2) is 62.8 Å². The summed E-state index contributed by atoms with van der Waals surface area (Å²) in [5.41, 5.74) is 0. The van der Waals surface area contributed by atoms with Gasteiger partial charge in [-0.05, 0) is 0 Å². The second kappa shape index (κ2) is 7.07. The molecule has 0 rings (SSSR count). The van der Waals surface area contributed by atoms with E-state index in [0.29, 0.717) is 0 Å². The number of amides is 2. The van der Waals surface area contributed by atoms with E-state index in [4.69, 9.17) is 5.11 Å². The zero-order valence-electron chi connectivity index (χ0n) is 9.76. The number of carbonyl (C=O) groups excluding carboxylic acids is 1. The van der Waals surface area contributed by atoms with Gasteiger partial charge in [0, 0.05) is 27.2 Å². The molecular weight excluding hydrogens is 250 g/mol. The van der Waals surface area contributed by atoms with Crippen LogP contribution in [0.15, 0.2) is 0 Å². The van der Waals surface area contributed by atoms with Crippen molar-refractivity contribution in [2.24, 2.45) is 0 Å². The van der Waals surface area contributed by atoms with E-state index in [1.54, 1.807) is 0 Å². The fourth-order valence-corrected chi connectivity index (χ4v) is 1.55. The molecule has 17 heavy (non-hydrogen) atoms. The molecule has 2 amide bonds. The van der Waals surface area contributed by atoms with E-state index in [1.165, 1.54) is 14.1 Å². The van der Waals surface area contributed by atoms with Crippen LogP contribution in [0.25, 0.3) is 0 Å². The van der Waals surface area contributed by atoms with Crippen molar-refractivity contribution >= 4 is 22.0 Å². The van der Waals surface area contributed by atoms with Crippen LogP contribution in [0.1, 0.15) is 6.42 Å². The molecule has 0 aliphatic carbocycles. The van der Waals surface area contributed by atoms with E-state index in [9.17, 15) is 18.0 Å². The van der Waals surface area contributed by atoms with Crippen LogP contribution in [0, 0.1) is 0 Å². The Labute approximate surface area is 100 Å². The van der Waals surface area contributed by atoms with Crippen LogP contribution in [0.4, 0.5) is 4.79 Å². The van der Waals surface area contributed by atoms with Crippen molar-refractivity contribution in [3.05, 3.63) is 0 Å². The number of urea groups is 1. The Morgan fingerprint density at radius 2 is 1.71 bits per heavy atom. The minimum Gasteiger partial charge on any atom is -0.481 e. The second-order valence-corrected chi connectivity index (χ2v) is 5.73. The van der Waals surface area contributed by atoms with Crippen molar-refractivity contribution in [3.63, 3.8) is 0 Å². The number of nitrogens with one attached hydrogen (secondary N) is 2. The molecule has 0 aliphatic rings. The number of carboxylic acid groups (broad SMARTS) is 1. The Bertz CT molecular complexity index is 365. The van der Waals surface area contributed by atoms with Crippen LogP contribution in [0.3, 0.4) is 0 Å². The average Bonchev–Trinajstić information content (AvgIpc) is 2.16. The molecule has 8 nitrogen and oxygen atoms in total. The number of sulfonamides is 1. The van der Waals surface area contributed by atoms with Crippen molar-refractivity contribution in [2.75, 3.05) is 32.9 Å². The molecule has 0 spiro atoms. The number of hydrogen-bond acceptors (Lipinski definition) is 4. The van der Waals surface area contributed by atoms with Gasteiger partial charge in [-0.25, -0.2) is 17.5 Å². The topological polar surface area (TPSA) is 116 Å². The zero-order valence-corrected chi connectivity index (χ0v) is 10.6. The number of carbonyl (C=O) groups is 2. The van der Waals surface area contributed by atoms with Gasteiger partial charge in [0.1, 0.15) is 0 Å². The van der Waals surface area contributed by atoms with Gasteiger partial charge in [-0.1, -0.05) is 0 Å². The Morgan fingerprint density at radius 1 is 1.18 bits per heavy atom. The van der Waals surface area contributed by atoms with Crippen LogP contribution in [0.5, 0.6) is 0 Å². The summed E-state index contributed by atoms with van der Waals surface area (Å²) in [5, 5.41) is 12.9. The highest BCUT2D eigenvalue weighted by atomic mass is 32.2. The number of carboxylic acids is 1. The summed E-state index contributed by atoms with van der Waals surface area (Å²) >= 11 is 0. The molecule has 0 fully saturated rings. The molecule has 3 N–H and O–H groups in total. The Balaban J connectivity index is 3.76. The lowest BCUT2D eigenvalue weighted by Gasteiger charge is -2.11. The van der Waals surface area contributed by atoms with Gasteiger partial charge < -0.3 is 15.7 Å². The first-order chi connectivity index (χ1) is 7.75. The molecule has 0 aromatic heterocycles. The number of rotatable bonds is 7. The third-order valence-corrected chi connectivity index (χ3v) is 3.66. The molecule has 0 radical (unpaired) electrons. The van der Waals surface area contributed by atoms with E-state index in [2.05, 4.69) is 10.6 Å². The van der Waals surface area contributed by atoms with Gasteiger partial charge >= 0.3 is 12.0 Å². The molecule has 0 unspecified atom stereocenters. The first-order valence-corrected chi connectivity index (χ1v) is 6.50. The van der Waals surface area contributed by atoms with E-state index < -0.39 is 22.0 Å². The molecule has 0 aliphatic heterocycles. The third kappa shape index (κ3) is 7.53. The number of nitrogens with zero attached hydrogens (tertiary/aromatic N) is 1. The molecule has 0 aromatic carbocycles. The zero-order chi connectivity index (χ0) is 13.5. The maximum Gasteiger partial charge on any atom is 0.314 e. The summed E-state index contributed by atoms with van der Waals surface area (Å²) in [6.07, 6.45) is -0.177. The van der Waals surface area contributed by atoms with Crippen molar-refractivity contribution in [1.82, 2.24) is 14.9 Å².